The Labute approximate surface area is 409 Å². The summed E-state index contributed by atoms with van der Waals surface area (Å²) < 4.78 is 96.8. The normalized spacial score (nSPS) is 12.0. The largest absolute Gasteiger partial charge is 0.417 e. The minimum atomic E-state index is -5.22. The highest BCUT2D eigenvalue weighted by molar-refractivity contribution is 6.14. The molecule has 0 saturated carbocycles. The average molecular weight is 950 g/mol. The van der Waals surface area contributed by atoms with Crippen molar-refractivity contribution in [1.29, 1.82) is 5.26 Å². The molecular weight excluding hydrogens is 913 g/mol. The van der Waals surface area contributed by atoms with Crippen LogP contribution >= 0.6 is 0 Å². The number of hydrogen-bond acceptors (Lipinski definition) is 1. The summed E-state index contributed by atoms with van der Waals surface area (Å²) in [7, 11) is 0. The van der Waals surface area contributed by atoms with Crippen molar-refractivity contribution in [2.75, 3.05) is 0 Å². The molecule has 0 fully saturated rings. The van der Waals surface area contributed by atoms with E-state index in [9.17, 15) is 5.26 Å². The molecule has 0 aliphatic rings. The summed E-state index contributed by atoms with van der Waals surface area (Å²) in [5.74, 6) is 0. The molecule has 2 heterocycles. The van der Waals surface area contributed by atoms with Crippen molar-refractivity contribution in [1.82, 2.24) is 9.13 Å². The molecule has 0 N–H and O–H groups in total. The monoisotopic (exact) mass is 949 g/mol. The van der Waals surface area contributed by atoms with Crippen LogP contribution in [0.2, 0.25) is 0 Å². The van der Waals surface area contributed by atoms with E-state index in [1.54, 1.807) is 9.13 Å². The summed E-state index contributed by atoms with van der Waals surface area (Å²) in [5, 5.41) is 14.3. The zero-order chi connectivity index (χ0) is 49.3. The van der Waals surface area contributed by atoms with Crippen LogP contribution in [-0.4, -0.2) is 9.13 Å². The second kappa shape index (κ2) is 17.1. The van der Waals surface area contributed by atoms with Gasteiger partial charge < -0.3 is 9.13 Å². The highest BCUT2D eigenvalue weighted by atomic mass is 19.4. The highest BCUT2D eigenvalue weighted by Gasteiger charge is 2.42. The van der Waals surface area contributed by atoms with E-state index < -0.39 is 29.0 Å². The zero-order valence-corrected chi connectivity index (χ0v) is 38.0. The van der Waals surface area contributed by atoms with Gasteiger partial charge in [-0.1, -0.05) is 152 Å². The topological polar surface area (TPSA) is 33.6 Å². The van der Waals surface area contributed by atoms with Crippen LogP contribution < -0.4 is 0 Å². The summed E-state index contributed by atoms with van der Waals surface area (Å²) in [5.41, 5.74) is 5.27. The van der Waals surface area contributed by atoms with Crippen molar-refractivity contribution >= 4 is 43.6 Å². The Bertz CT molecular complexity index is 3880. The second-order valence-electron chi connectivity index (χ2n) is 17.8. The number of alkyl halides is 6. The van der Waals surface area contributed by atoms with Crippen LogP contribution in [0.15, 0.2) is 224 Å². The Morgan fingerprint density at radius 1 is 0.319 bits per heavy atom. The zero-order valence-electron chi connectivity index (χ0n) is 38.0. The van der Waals surface area contributed by atoms with Gasteiger partial charge in [-0.05, 0) is 117 Å². The molecule has 0 aliphatic heterocycles. The minimum Gasteiger partial charge on any atom is -0.309 e. The molecule has 0 spiro atoms. The standard InChI is InChI=1S/C63H37F6N3/c64-62(65,66)53-22-13-23-54(63(67,68)69)61(53)52-37-59(71-55-28-24-43(39-14-5-1-6-15-39)32-48(55)49-33-44(25-29-56(49)71)40-16-7-2-8-17-40)47(38-70)36-60(52)72-57-30-26-45(41-18-9-3-10-19-41)34-50(57)51-35-46(27-31-58(51)72)42-20-11-4-12-21-42/h1-37H. The summed E-state index contributed by atoms with van der Waals surface area (Å²) in [6, 6.07) is 69.4. The van der Waals surface area contributed by atoms with Gasteiger partial charge >= 0.3 is 12.4 Å². The Balaban J connectivity index is 1.22. The van der Waals surface area contributed by atoms with E-state index in [1.165, 1.54) is 12.1 Å². The first-order valence-corrected chi connectivity index (χ1v) is 23.2. The van der Waals surface area contributed by atoms with Crippen molar-refractivity contribution in [3.63, 3.8) is 0 Å². The SMILES string of the molecule is N#Cc1cc(-n2c3ccc(-c4ccccc4)cc3c3cc(-c4ccccc4)ccc32)c(-c2c(C(F)(F)F)cccc2C(F)(F)F)cc1-n1c2ccc(-c3ccccc3)cc2c2cc(-c3ccccc3)ccc21. The molecule has 12 rings (SSSR count). The summed E-state index contributed by atoms with van der Waals surface area (Å²) in [6.45, 7) is 0. The van der Waals surface area contributed by atoms with Gasteiger partial charge in [-0.25, -0.2) is 0 Å². The van der Waals surface area contributed by atoms with E-state index in [1.807, 2.05) is 194 Å². The first-order chi connectivity index (χ1) is 34.9. The number of hydrogen-bond donors (Lipinski definition) is 0. The summed E-state index contributed by atoms with van der Waals surface area (Å²) >= 11 is 0. The van der Waals surface area contributed by atoms with E-state index in [2.05, 4.69) is 6.07 Å². The van der Waals surface area contributed by atoms with Gasteiger partial charge in [-0.2, -0.15) is 31.6 Å². The van der Waals surface area contributed by atoms with E-state index >= 15 is 26.3 Å². The number of aromatic nitrogens is 2. The molecule has 10 aromatic carbocycles. The van der Waals surface area contributed by atoms with Crippen LogP contribution in [0.5, 0.6) is 0 Å². The number of rotatable bonds is 7. The van der Waals surface area contributed by atoms with Gasteiger partial charge in [0, 0.05) is 32.7 Å². The Morgan fingerprint density at radius 2 is 0.639 bits per heavy atom. The first-order valence-electron chi connectivity index (χ1n) is 23.2. The van der Waals surface area contributed by atoms with Gasteiger partial charge in [0.15, 0.2) is 0 Å². The van der Waals surface area contributed by atoms with Crippen LogP contribution in [0.25, 0.3) is 111 Å². The fourth-order valence-electron chi connectivity index (χ4n) is 10.4. The quantitative estimate of drug-likeness (QED) is 0.147. The number of benzene rings is 10. The van der Waals surface area contributed by atoms with Gasteiger partial charge in [0.1, 0.15) is 6.07 Å². The molecular formula is C63H37F6N3. The predicted molar refractivity (Wildman–Crippen MR) is 277 cm³/mol. The lowest BCUT2D eigenvalue weighted by atomic mass is 9.90. The molecule has 0 radical (unpaired) electrons. The average Bonchev–Trinajstić information content (AvgIpc) is 3.92. The lowest BCUT2D eigenvalue weighted by Crippen LogP contribution is -2.15. The molecule has 346 valence electrons. The fourth-order valence-corrected chi connectivity index (χ4v) is 10.4. The van der Waals surface area contributed by atoms with Crippen molar-refractivity contribution < 1.29 is 26.3 Å². The molecule has 3 nitrogen and oxygen atoms in total. The maximum atomic E-state index is 15.6. The van der Waals surface area contributed by atoms with Gasteiger partial charge in [-0.3, -0.25) is 0 Å². The van der Waals surface area contributed by atoms with Crippen molar-refractivity contribution in [3.05, 3.63) is 241 Å². The van der Waals surface area contributed by atoms with E-state index in [4.69, 9.17) is 0 Å². The van der Waals surface area contributed by atoms with E-state index in [-0.39, 0.29) is 22.5 Å². The third kappa shape index (κ3) is 7.47. The maximum Gasteiger partial charge on any atom is 0.417 e. The molecule has 0 unspecified atom stereocenters. The van der Waals surface area contributed by atoms with Crippen LogP contribution in [-0.2, 0) is 12.4 Å². The number of halogens is 6. The second-order valence-corrected chi connectivity index (χ2v) is 17.8. The van der Waals surface area contributed by atoms with Gasteiger partial charge in [-0.15, -0.1) is 0 Å². The van der Waals surface area contributed by atoms with E-state index in [0.29, 0.717) is 45.0 Å². The van der Waals surface area contributed by atoms with Gasteiger partial charge in [0.2, 0.25) is 0 Å². The third-order valence-corrected chi connectivity index (χ3v) is 13.6. The molecule has 9 heteroatoms. The summed E-state index contributed by atoms with van der Waals surface area (Å²) in [4.78, 5) is 0. The molecule has 0 aliphatic carbocycles. The molecule has 0 atom stereocenters. The Hall–Kier alpha value is -9.13. The number of fused-ring (bicyclic) bond motifs is 6. The van der Waals surface area contributed by atoms with Gasteiger partial charge in [0.25, 0.3) is 0 Å². The van der Waals surface area contributed by atoms with Crippen LogP contribution in [0, 0.1) is 11.3 Å². The Morgan fingerprint density at radius 3 is 0.944 bits per heavy atom. The number of nitriles is 1. The predicted octanol–water partition coefficient (Wildman–Crippen LogP) is 18.1. The lowest BCUT2D eigenvalue weighted by Gasteiger charge is -2.24. The van der Waals surface area contributed by atoms with Gasteiger partial charge in [0.05, 0.1) is 50.1 Å². The van der Waals surface area contributed by atoms with E-state index in [0.717, 1.165) is 61.3 Å². The molecule has 12 aromatic rings. The fraction of sp³-hybridized carbons (Fsp3) is 0.0317. The molecule has 0 saturated heterocycles. The smallest absolute Gasteiger partial charge is 0.309 e. The lowest BCUT2D eigenvalue weighted by molar-refractivity contribution is -0.142. The molecule has 0 bridgehead atoms. The van der Waals surface area contributed by atoms with Crippen molar-refractivity contribution in [2.45, 2.75) is 12.4 Å². The van der Waals surface area contributed by atoms with Crippen molar-refractivity contribution in [2.24, 2.45) is 0 Å². The van der Waals surface area contributed by atoms with Crippen LogP contribution in [0.1, 0.15) is 16.7 Å². The molecule has 2 aromatic heterocycles. The van der Waals surface area contributed by atoms with Crippen molar-refractivity contribution in [3.8, 4) is 73.1 Å². The Kier molecular flexibility index (Phi) is 10.5. The highest BCUT2D eigenvalue weighted by Crippen LogP contribution is 2.49. The third-order valence-electron chi connectivity index (χ3n) is 13.6. The minimum absolute atomic E-state index is 0.0293. The van der Waals surface area contributed by atoms with Crippen LogP contribution in [0.4, 0.5) is 26.3 Å². The summed E-state index contributed by atoms with van der Waals surface area (Å²) in [6.07, 6.45) is -10.4. The molecule has 0 amide bonds. The van der Waals surface area contributed by atoms with Crippen LogP contribution in [0.3, 0.4) is 0 Å². The maximum absolute atomic E-state index is 15.6. The first kappa shape index (κ1) is 44.1. The molecule has 72 heavy (non-hydrogen) atoms. The number of nitrogens with zero attached hydrogens (tertiary/aromatic N) is 3.